The van der Waals surface area contributed by atoms with Gasteiger partial charge in [-0.1, -0.05) is 12.1 Å². The average Bonchev–Trinajstić information content (AvgIpc) is 3.11. The van der Waals surface area contributed by atoms with Gasteiger partial charge >= 0.3 is 5.97 Å². The van der Waals surface area contributed by atoms with Crippen LogP contribution in [0, 0.1) is 0 Å². The van der Waals surface area contributed by atoms with Gasteiger partial charge in [-0.15, -0.1) is 23.1 Å². The lowest BCUT2D eigenvalue weighted by Crippen LogP contribution is -2.06. The van der Waals surface area contributed by atoms with Crippen molar-refractivity contribution in [2.45, 2.75) is 18.2 Å². The zero-order valence-electron chi connectivity index (χ0n) is 13.3. The smallest absolute Gasteiger partial charge is 0.311 e. The standard InChI is InChI=1S/C17H16N2O3S2/c1-3-22-15(21)8-13-9-19-14(10-20)16(18-17(19)24-13)11-4-6-12(23-2)7-5-11/h4-7,9-10H,3,8H2,1-2H3. The highest BCUT2D eigenvalue weighted by Gasteiger charge is 2.17. The number of nitrogens with zero attached hydrogens (tertiary/aromatic N) is 2. The van der Waals surface area contributed by atoms with Crippen molar-refractivity contribution in [3.63, 3.8) is 0 Å². The first-order chi connectivity index (χ1) is 11.7. The number of thiazole rings is 1. The highest BCUT2D eigenvalue weighted by Crippen LogP contribution is 2.29. The second-order valence-electron chi connectivity index (χ2n) is 5.02. The van der Waals surface area contributed by atoms with Crippen LogP contribution in [0.5, 0.6) is 0 Å². The van der Waals surface area contributed by atoms with Crippen molar-refractivity contribution in [3.05, 3.63) is 41.0 Å². The Morgan fingerprint density at radius 2 is 2.12 bits per heavy atom. The van der Waals surface area contributed by atoms with Gasteiger partial charge in [-0.05, 0) is 25.3 Å². The Bertz CT molecular complexity index is 881. The fraction of sp³-hybridized carbons (Fsp3) is 0.235. The summed E-state index contributed by atoms with van der Waals surface area (Å²) in [5.74, 6) is -0.275. The molecule has 124 valence electrons. The van der Waals surface area contributed by atoms with Gasteiger partial charge in [-0.25, -0.2) is 4.98 Å². The van der Waals surface area contributed by atoms with E-state index in [1.165, 1.54) is 11.3 Å². The highest BCUT2D eigenvalue weighted by atomic mass is 32.2. The quantitative estimate of drug-likeness (QED) is 0.381. The Morgan fingerprint density at radius 3 is 2.75 bits per heavy atom. The predicted octanol–water partition coefficient (Wildman–Crippen LogP) is 3.70. The van der Waals surface area contributed by atoms with Crippen LogP contribution in [-0.2, 0) is 16.0 Å². The van der Waals surface area contributed by atoms with Crippen molar-refractivity contribution in [2.75, 3.05) is 12.9 Å². The third-order valence-electron chi connectivity index (χ3n) is 3.51. The van der Waals surface area contributed by atoms with E-state index in [2.05, 4.69) is 4.98 Å². The molecule has 0 unspecified atom stereocenters. The fourth-order valence-electron chi connectivity index (χ4n) is 2.42. The van der Waals surface area contributed by atoms with Crippen LogP contribution in [-0.4, -0.2) is 34.5 Å². The minimum atomic E-state index is -0.275. The number of aromatic nitrogens is 2. The molecule has 0 spiro atoms. The summed E-state index contributed by atoms with van der Waals surface area (Å²) in [6, 6.07) is 7.94. The molecular weight excluding hydrogens is 344 g/mol. The summed E-state index contributed by atoms with van der Waals surface area (Å²) in [4.78, 5) is 30.4. The lowest BCUT2D eigenvalue weighted by molar-refractivity contribution is -0.142. The van der Waals surface area contributed by atoms with Crippen LogP contribution in [0.2, 0.25) is 0 Å². The number of imidazole rings is 1. The normalized spacial score (nSPS) is 10.9. The average molecular weight is 360 g/mol. The topological polar surface area (TPSA) is 60.7 Å². The maximum Gasteiger partial charge on any atom is 0.311 e. The monoisotopic (exact) mass is 360 g/mol. The summed E-state index contributed by atoms with van der Waals surface area (Å²) >= 11 is 3.06. The molecule has 2 heterocycles. The third kappa shape index (κ3) is 3.22. The predicted molar refractivity (Wildman–Crippen MR) is 96.0 cm³/mol. The summed E-state index contributed by atoms with van der Waals surface area (Å²) in [5, 5.41) is 0. The van der Waals surface area contributed by atoms with Gasteiger partial charge in [-0.2, -0.15) is 0 Å². The molecule has 0 N–H and O–H groups in total. The van der Waals surface area contributed by atoms with Crippen molar-refractivity contribution in [2.24, 2.45) is 0 Å². The summed E-state index contributed by atoms with van der Waals surface area (Å²) < 4.78 is 6.70. The van der Waals surface area contributed by atoms with Crippen LogP contribution in [0.4, 0.5) is 0 Å². The number of carbonyl (C=O) groups is 2. The van der Waals surface area contributed by atoms with E-state index in [1.807, 2.05) is 30.5 Å². The number of carbonyl (C=O) groups excluding carboxylic acids is 2. The number of hydrogen-bond donors (Lipinski definition) is 0. The lowest BCUT2D eigenvalue weighted by Gasteiger charge is -2.01. The maximum atomic E-state index is 11.6. The van der Waals surface area contributed by atoms with Crippen molar-refractivity contribution in [1.82, 2.24) is 9.38 Å². The minimum Gasteiger partial charge on any atom is -0.466 e. The van der Waals surface area contributed by atoms with Crippen molar-refractivity contribution in [3.8, 4) is 11.3 Å². The molecule has 0 saturated carbocycles. The van der Waals surface area contributed by atoms with Crippen molar-refractivity contribution in [1.29, 1.82) is 0 Å². The van der Waals surface area contributed by atoms with Crippen LogP contribution in [0.15, 0.2) is 35.4 Å². The molecule has 0 radical (unpaired) electrons. The van der Waals surface area contributed by atoms with E-state index in [-0.39, 0.29) is 12.4 Å². The van der Waals surface area contributed by atoms with E-state index in [1.54, 1.807) is 29.3 Å². The summed E-state index contributed by atoms with van der Waals surface area (Å²) in [5.41, 5.74) is 2.05. The molecule has 0 atom stereocenters. The van der Waals surface area contributed by atoms with Gasteiger partial charge in [0, 0.05) is 21.5 Å². The number of esters is 1. The summed E-state index contributed by atoms with van der Waals surface area (Å²) in [7, 11) is 0. The van der Waals surface area contributed by atoms with E-state index < -0.39 is 0 Å². The number of rotatable bonds is 6. The van der Waals surface area contributed by atoms with Crippen LogP contribution in [0.3, 0.4) is 0 Å². The molecule has 0 aliphatic carbocycles. The van der Waals surface area contributed by atoms with E-state index in [0.717, 1.165) is 21.6 Å². The van der Waals surface area contributed by atoms with Gasteiger partial charge in [0.15, 0.2) is 11.2 Å². The molecule has 0 aliphatic heterocycles. The van der Waals surface area contributed by atoms with Crippen molar-refractivity contribution >= 4 is 40.3 Å². The van der Waals surface area contributed by atoms with E-state index in [9.17, 15) is 9.59 Å². The molecule has 24 heavy (non-hydrogen) atoms. The summed E-state index contributed by atoms with van der Waals surface area (Å²) in [6.45, 7) is 2.13. The number of thioether (sulfide) groups is 1. The minimum absolute atomic E-state index is 0.192. The van der Waals surface area contributed by atoms with E-state index in [4.69, 9.17) is 4.74 Å². The number of benzene rings is 1. The molecule has 3 rings (SSSR count). The van der Waals surface area contributed by atoms with Gasteiger partial charge in [-0.3, -0.25) is 14.0 Å². The Labute approximate surface area is 147 Å². The highest BCUT2D eigenvalue weighted by molar-refractivity contribution is 7.98. The van der Waals surface area contributed by atoms with E-state index >= 15 is 0 Å². The lowest BCUT2D eigenvalue weighted by atomic mass is 10.1. The van der Waals surface area contributed by atoms with Gasteiger partial charge < -0.3 is 4.74 Å². The Hall–Kier alpha value is -2.12. The van der Waals surface area contributed by atoms with Crippen LogP contribution in [0.25, 0.3) is 16.2 Å². The first-order valence-corrected chi connectivity index (χ1v) is 9.46. The molecule has 0 saturated heterocycles. The zero-order valence-corrected chi connectivity index (χ0v) is 14.9. The SMILES string of the molecule is CCOC(=O)Cc1cn2c(C=O)c(-c3ccc(SC)cc3)nc2s1. The largest absolute Gasteiger partial charge is 0.466 e. The van der Waals surface area contributed by atoms with Gasteiger partial charge in [0.2, 0.25) is 0 Å². The second-order valence-corrected chi connectivity index (χ2v) is 7.00. The van der Waals surface area contributed by atoms with Crippen LogP contribution >= 0.6 is 23.1 Å². The molecule has 0 bridgehead atoms. The first-order valence-electron chi connectivity index (χ1n) is 7.42. The molecule has 5 nitrogen and oxygen atoms in total. The maximum absolute atomic E-state index is 11.6. The molecule has 0 fully saturated rings. The molecule has 3 aromatic rings. The van der Waals surface area contributed by atoms with Crippen LogP contribution < -0.4 is 0 Å². The number of aldehydes is 1. The molecule has 0 aliphatic rings. The second kappa shape index (κ2) is 7.19. The van der Waals surface area contributed by atoms with Gasteiger partial charge in [0.25, 0.3) is 0 Å². The number of hydrogen-bond acceptors (Lipinski definition) is 6. The van der Waals surface area contributed by atoms with Crippen molar-refractivity contribution < 1.29 is 14.3 Å². The van der Waals surface area contributed by atoms with Gasteiger partial charge in [0.1, 0.15) is 11.4 Å². The van der Waals surface area contributed by atoms with Gasteiger partial charge in [0.05, 0.1) is 13.0 Å². The Kier molecular flexibility index (Phi) is 5.01. The number of fused-ring (bicyclic) bond motifs is 1. The molecule has 7 heteroatoms. The first kappa shape index (κ1) is 16.7. The van der Waals surface area contributed by atoms with Crippen LogP contribution in [0.1, 0.15) is 22.3 Å². The molecule has 2 aromatic heterocycles. The third-order valence-corrected chi connectivity index (χ3v) is 5.24. The Balaban J connectivity index is 1.96. The Morgan fingerprint density at radius 1 is 1.38 bits per heavy atom. The molecular formula is C17H16N2O3S2. The van der Waals surface area contributed by atoms with E-state index in [0.29, 0.717) is 23.0 Å². The molecule has 1 aromatic carbocycles. The summed E-state index contributed by atoms with van der Waals surface area (Å²) in [6.07, 6.45) is 4.80. The number of ether oxygens (including phenoxy) is 1. The molecule has 0 amide bonds. The zero-order chi connectivity index (χ0) is 17.1. The fourth-order valence-corrected chi connectivity index (χ4v) is 3.80.